The molecule has 23 heavy (non-hydrogen) atoms. The molecule has 6 nitrogen and oxygen atoms in total. The Balaban J connectivity index is 1.47. The fourth-order valence-electron chi connectivity index (χ4n) is 3.35. The smallest absolute Gasteiger partial charge is 0.253 e. The van der Waals surface area contributed by atoms with E-state index >= 15 is 0 Å². The van der Waals surface area contributed by atoms with Crippen LogP contribution in [0.2, 0.25) is 0 Å². The number of nitrogens with one attached hydrogen (secondary N) is 2. The normalized spacial score (nSPS) is 23.9. The summed E-state index contributed by atoms with van der Waals surface area (Å²) in [6.45, 7) is 3.08. The molecule has 124 valence electrons. The Morgan fingerprint density at radius 1 is 1.26 bits per heavy atom. The third kappa shape index (κ3) is 3.64. The molecule has 0 aliphatic carbocycles. The number of nitrogens with zero attached hydrogens (tertiary/aromatic N) is 1. The molecule has 2 fully saturated rings. The van der Waals surface area contributed by atoms with Crippen molar-refractivity contribution in [2.24, 2.45) is 5.92 Å². The van der Waals surface area contributed by atoms with Gasteiger partial charge in [-0.3, -0.25) is 9.59 Å². The number of nitrogen functional groups attached to an aromatic ring is 1. The van der Waals surface area contributed by atoms with Gasteiger partial charge < -0.3 is 21.3 Å². The maximum Gasteiger partial charge on any atom is 0.253 e. The Morgan fingerprint density at radius 2 is 2.00 bits per heavy atom. The van der Waals surface area contributed by atoms with Crippen LogP contribution in [0.1, 0.15) is 29.6 Å². The molecule has 0 spiro atoms. The van der Waals surface area contributed by atoms with Crippen molar-refractivity contribution in [2.45, 2.75) is 25.3 Å². The second-order valence-corrected chi connectivity index (χ2v) is 6.39. The Labute approximate surface area is 136 Å². The van der Waals surface area contributed by atoms with Crippen LogP contribution in [-0.2, 0) is 4.79 Å². The first-order valence-corrected chi connectivity index (χ1v) is 8.30. The predicted molar refractivity (Wildman–Crippen MR) is 88.9 cm³/mol. The zero-order valence-electron chi connectivity index (χ0n) is 13.3. The summed E-state index contributed by atoms with van der Waals surface area (Å²) in [4.78, 5) is 26.5. The lowest BCUT2D eigenvalue weighted by Crippen LogP contribution is -2.42. The van der Waals surface area contributed by atoms with Crippen LogP contribution in [0.3, 0.4) is 0 Å². The van der Waals surface area contributed by atoms with Crippen molar-refractivity contribution in [1.82, 2.24) is 15.5 Å². The lowest BCUT2D eigenvalue weighted by Gasteiger charge is -2.20. The minimum Gasteiger partial charge on any atom is -0.398 e. The summed E-state index contributed by atoms with van der Waals surface area (Å²) in [5, 5.41) is 6.22. The number of anilines is 1. The fourth-order valence-corrected chi connectivity index (χ4v) is 3.35. The Bertz CT molecular complexity index is 584. The molecule has 2 heterocycles. The molecule has 6 heteroatoms. The number of carbonyl (C=O) groups is 2. The molecule has 2 atom stereocenters. The van der Waals surface area contributed by atoms with Crippen molar-refractivity contribution < 1.29 is 9.59 Å². The van der Waals surface area contributed by atoms with Crippen molar-refractivity contribution in [3.8, 4) is 0 Å². The van der Waals surface area contributed by atoms with E-state index in [0.717, 1.165) is 38.9 Å². The number of benzene rings is 1. The van der Waals surface area contributed by atoms with Crippen LogP contribution in [0.4, 0.5) is 5.69 Å². The number of rotatable bonds is 4. The SMILES string of the molecule is Nc1ccccc1C(=O)NCC1CNC(C(=O)N2CCCC2)C1. The molecule has 0 saturated carbocycles. The van der Waals surface area contributed by atoms with E-state index in [-0.39, 0.29) is 23.8 Å². The highest BCUT2D eigenvalue weighted by Crippen LogP contribution is 2.18. The van der Waals surface area contributed by atoms with E-state index in [9.17, 15) is 9.59 Å². The molecule has 4 N–H and O–H groups in total. The molecule has 1 aromatic carbocycles. The first kappa shape index (κ1) is 15.8. The molecule has 0 aromatic heterocycles. The van der Waals surface area contributed by atoms with Gasteiger partial charge in [0.2, 0.25) is 5.91 Å². The van der Waals surface area contributed by atoms with Crippen LogP contribution in [-0.4, -0.2) is 48.9 Å². The fraction of sp³-hybridized carbons (Fsp3) is 0.529. The first-order valence-electron chi connectivity index (χ1n) is 8.30. The maximum absolute atomic E-state index is 12.4. The summed E-state index contributed by atoms with van der Waals surface area (Å²) < 4.78 is 0. The Hall–Kier alpha value is -2.08. The van der Waals surface area contributed by atoms with Gasteiger partial charge in [0.15, 0.2) is 0 Å². The van der Waals surface area contributed by atoms with Gasteiger partial charge in [0, 0.05) is 31.9 Å². The topological polar surface area (TPSA) is 87.5 Å². The lowest BCUT2D eigenvalue weighted by atomic mass is 10.0. The summed E-state index contributed by atoms with van der Waals surface area (Å²) in [6.07, 6.45) is 2.99. The van der Waals surface area contributed by atoms with Crippen LogP contribution in [0, 0.1) is 5.92 Å². The van der Waals surface area contributed by atoms with Gasteiger partial charge in [0.1, 0.15) is 0 Å². The Kier molecular flexibility index (Phi) is 4.81. The quantitative estimate of drug-likeness (QED) is 0.710. The number of hydrogen-bond donors (Lipinski definition) is 3. The number of para-hydroxylation sites is 1. The average molecular weight is 316 g/mol. The monoisotopic (exact) mass is 316 g/mol. The summed E-state index contributed by atoms with van der Waals surface area (Å²) >= 11 is 0. The minimum absolute atomic E-state index is 0.100. The van der Waals surface area contributed by atoms with Gasteiger partial charge in [0.05, 0.1) is 11.6 Å². The van der Waals surface area contributed by atoms with Crippen molar-refractivity contribution >= 4 is 17.5 Å². The first-order chi connectivity index (χ1) is 11.1. The molecule has 0 radical (unpaired) electrons. The third-order valence-electron chi connectivity index (χ3n) is 4.69. The van der Waals surface area contributed by atoms with Crippen LogP contribution in [0.5, 0.6) is 0 Å². The van der Waals surface area contributed by atoms with E-state index in [0.29, 0.717) is 17.8 Å². The van der Waals surface area contributed by atoms with Crippen LogP contribution >= 0.6 is 0 Å². The van der Waals surface area contributed by atoms with Gasteiger partial charge in [-0.15, -0.1) is 0 Å². The highest BCUT2D eigenvalue weighted by atomic mass is 16.2. The second-order valence-electron chi connectivity index (χ2n) is 6.39. The van der Waals surface area contributed by atoms with Crippen molar-refractivity contribution in [2.75, 3.05) is 31.9 Å². The zero-order valence-corrected chi connectivity index (χ0v) is 13.3. The number of hydrogen-bond acceptors (Lipinski definition) is 4. The standard InChI is InChI=1S/C17H24N4O2/c18-14-6-2-1-5-13(14)16(22)20-11-12-9-15(19-10-12)17(23)21-7-3-4-8-21/h1-2,5-6,12,15,19H,3-4,7-11,18H2,(H,20,22). The molecular weight excluding hydrogens is 292 g/mol. The lowest BCUT2D eigenvalue weighted by molar-refractivity contribution is -0.132. The second kappa shape index (κ2) is 7.00. The van der Waals surface area contributed by atoms with E-state index in [4.69, 9.17) is 5.73 Å². The van der Waals surface area contributed by atoms with Gasteiger partial charge >= 0.3 is 0 Å². The largest absolute Gasteiger partial charge is 0.398 e. The molecule has 3 rings (SSSR count). The van der Waals surface area contributed by atoms with E-state index in [2.05, 4.69) is 10.6 Å². The zero-order chi connectivity index (χ0) is 16.2. The summed E-state index contributed by atoms with van der Waals surface area (Å²) in [6, 6.07) is 6.94. The highest BCUT2D eigenvalue weighted by molar-refractivity contribution is 5.99. The van der Waals surface area contributed by atoms with E-state index in [1.54, 1.807) is 18.2 Å². The molecule has 2 unspecified atom stereocenters. The van der Waals surface area contributed by atoms with E-state index in [1.165, 1.54) is 0 Å². The highest BCUT2D eigenvalue weighted by Gasteiger charge is 2.33. The molecule has 2 amide bonds. The number of nitrogens with two attached hydrogens (primary N) is 1. The van der Waals surface area contributed by atoms with Gasteiger partial charge in [-0.2, -0.15) is 0 Å². The molecule has 2 saturated heterocycles. The average Bonchev–Trinajstić information content (AvgIpc) is 3.24. The minimum atomic E-state index is -0.155. The van der Waals surface area contributed by atoms with Gasteiger partial charge in [-0.25, -0.2) is 0 Å². The third-order valence-corrected chi connectivity index (χ3v) is 4.69. The van der Waals surface area contributed by atoms with Gasteiger partial charge in [0.25, 0.3) is 5.91 Å². The van der Waals surface area contributed by atoms with Crippen molar-refractivity contribution in [3.05, 3.63) is 29.8 Å². The molecular formula is C17H24N4O2. The predicted octanol–water partition coefficient (Wildman–Crippen LogP) is 0.599. The number of likely N-dealkylation sites (tertiary alicyclic amines) is 1. The van der Waals surface area contributed by atoms with Crippen molar-refractivity contribution in [1.29, 1.82) is 0 Å². The molecule has 1 aromatic rings. The molecule has 2 aliphatic rings. The molecule has 2 aliphatic heterocycles. The number of carbonyl (C=O) groups excluding carboxylic acids is 2. The van der Waals surface area contributed by atoms with Gasteiger partial charge in [-0.05, 0) is 37.3 Å². The summed E-state index contributed by atoms with van der Waals surface area (Å²) in [7, 11) is 0. The van der Waals surface area contributed by atoms with E-state index < -0.39 is 0 Å². The summed E-state index contributed by atoms with van der Waals surface area (Å²) in [5.74, 6) is 0.335. The summed E-state index contributed by atoms with van der Waals surface area (Å²) in [5.41, 5.74) is 6.80. The van der Waals surface area contributed by atoms with E-state index in [1.807, 2.05) is 11.0 Å². The van der Waals surface area contributed by atoms with Crippen LogP contribution < -0.4 is 16.4 Å². The Morgan fingerprint density at radius 3 is 2.74 bits per heavy atom. The maximum atomic E-state index is 12.4. The molecule has 0 bridgehead atoms. The van der Waals surface area contributed by atoms with Crippen LogP contribution in [0.25, 0.3) is 0 Å². The van der Waals surface area contributed by atoms with Crippen molar-refractivity contribution in [3.63, 3.8) is 0 Å². The van der Waals surface area contributed by atoms with Crippen LogP contribution in [0.15, 0.2) is 24.3 Å². The number of amides is 2. The van der Waals surface area contributed by atoms with Gasteiger partial charge in [-0.1, -0.05) is 12.1 Å².